The number of aliphatic hydroxyl groups excluding tert-OH is 1. The number of hydrazine groups is 1. The molecular weight excluding hydrogens is 1010 g/mol. The van der Waals surface area contributed by atoms with Crippen LogP contribution in [0, 0.1) is 40.9 Å². The Morgan fingerprint density at radius 2 is 1.05 bits per heavy atom. The van der Waals surface area contributed by atoms with E-state index in [1.165, 1.54) is 34.6 Å². The van der Waals surface area contributed by atoms with E-state index in [1.54, 1.807) is 0 Å². The van der Waals surface area contributed by atoms with Crippen molar-refractivity contribution in [1.82, 2.24) is 47.2 Å². The smallest absolute Gasteiger partial charge is 0.305 e. The summed E-state index contributed by atoms with van der Waals surface area (Å²) < 4.78 is 70.9. The molecule has 74 heavy (non-hydrogen) atoms. The molecule has 1 aromatic rings. The van der Waals surface area contributed by atoms with Crippen LogP contribution in [-0.2, 0) is 52.7 Å². The molecule has 1 heterocycles. The molecule has 0 aliphatic carbocycles. The fourth-order valence-electron chi connectivity index (χ4n) is 7.34. The van der Waals surface area contributed by atoms with Crippen molar-refractivity contribution in [2.75, 3.05) is 13.1 Å². The number of nitrogens with zero attached hydrogens (tertiary/aromatic N) is 2. The van der Waals surface area contributed by atoms with Crippen LogP contribution in [0.2, 0.25) is 0 Å². The highest BCUT2D eigenvalue weighted by Gasteiger charge is 2.42. The van der Waals surface area contributed by atoms with Crippen molar-refractivity contribution in [3.63, 3.8) is 0 Å². The Morgan fingerprint density at radius 1 is 0.608 bits per heavy atom. The molecule has 30 heteroatoms. The van der Waals surface area contributed by atoms with Crippen LogP contribution < -0.4 is 37.3 Å². The Hall–Kier alpha value is -7.53. The maximum atomic E-state index is 14.6. The third-order valence-electron chi connectivity index (χ3n) is 11.1. The standard InChI is InChI=1S/C44H60F5N9O16/c1-8-13-58(43(73)28-29(45)31(47)33(49)32(48)30(28)46)56-40(70)24-10-9-14-57(24)44(74)35(18(4)5)54-41(71)34(17(2)3)53-39(69)23(16-27(65)66)52-37(67)21(11-12-25(61)62)51-42(72)36(19(6)59)55-38(68)22(15-26(63)64)50-20(7)60/h17-19,21-24,34-36,59H,8-16H2,1-7H3,(H,50,60)(H,51,72)(H,52,67)(H,53,69)(H,54,71)(H,55,68)(H,56,70)(H,61,62)(H,63,64)(H,65,66)/t19-,21+,22+,23+,24+,34+,35+,36+/m1/s1. The van der Waals surface area contributed by atoms with E-state index in [0.717, 1.165) is 18.7 Å². The minimum absolute atomic E-state index is 0.00404. The molecule has 1 fully saturated rings. The first-order valence-corrected chi connectivity index (χ1v) is 22.9. The van der Waals surface area contributed by atoms with Crippen molar-refractivity contribution >= 4 is 71.1 Å². The third kappa shape index (κ3) is 17.3. The number of aliphatic carboxylic acids is 3. The summed E-state index contributed by atoms with van der Waals surface area (Å²) in [6.07, 6.45) is -5.41. The fraction of sp³-hybridized carbons (Fsp3) is 0.591. The van der Waals surface area contributed by atoms with Crippen molar-refractivity contribution in [1.29, 1.82) is 0 Å². The minimum Gasteiger partial charge on any atom is -0.481 e. The molecule has 0 aromatic heterocycles. The van der Waals surface area contributed by atoms with Gasteiger partial charge in [-0.1, -0.05) is 34.6 Å². The molecule has 2 rings (SSSR count). The van der Waals surface area contributed by atoms with Crippen LogP contribution in [-0.4, -0.2) is 163 Å². The third-order valence-corrected chi connectivity index (χ3v) is 11.1. The summed E-state index contributed by atoms with van der Waals surface area (Å²) in [5.74, 6) is -29.6. The first kappa shape index (κ1) is 62.6. The van der Waals surface area contributed by atoms with Gasteiger partial charge in [0.05, 0.1) is 18.9 Å². The largest absolute Gasteiger partial charge is 0.481 e. The lowest BCUT2D eigenvalue weighted by Gasteiger charge is -2.33. The number of carbonyl (C=O) groups is 12. The summed E-state index contributed by atoms with van der Waals surface area (Å²) in [5.41, 5.74) is 0.229. The van der Waals surface area contributed by atoms with Crippen molar-refractivity contribution in [3.05, 3.63) is 34.6 Å². The molecule has 0 bridgehead atoms. The highest BCUT2D eigenvalue weighted by atomic mass is 19.2. The van der Waals surface area contributed by atoms with Crippen molar-refractivity contribution < 1.29 is 99.9 Å². The van der Waals surface area contributed by atoms with Crippen LogP contribution >= 0.6 is 0 Å². The van der Waals surface area contributed by atoms with E-state index in [-0.39, 0.29) is 25.8 Å². The second-order valence-corrected chi connectivity index (χ2v) is 17.8. The Bertz CT molecular complexity index is 2300. The zero-order valence-corrected chi connectivity index (χ0v) is 41.1. The fourth-order valence-corrected chi connectivity index (χ4v) is 7.34. The SMILES string of the molecule is CCCN(NC(=O)[C@@H]1CCCN1C(=O)[C@@H](NC(=O)[C@@H](NC(=O)[C@H](CC(=O)O)NC(=O)[C@H](CCC(=O)O)NC(=O)[C@@H](NC(=O)[C@H](CC(=O)O)NC(C)=O)[C@@H](C)O)C(C)C)C(C)C)C(=O)c1c(F)c(F)c(F)c(F)c1F. The van der Waals surface area contributed by atoms with Gasteiger partial charge in [0.25, 0.3) is 11.8 Å². The van der Waals surface area contributed by atoms with Crippen LogP contribution in [0.4, 0.5) is 22.0 Å². The van der Waals surface area contributed by atoms with Gasteiger partial charge in [-0.3, -0.25) is 63.0 Å². The normalized spacial score (nSPS) is 16.0. The second kappa shape index (κ2) is 28.1. The molecule has 11 N–H and O–H groups in total. The molecule has 0 radical (unpaired) electrons. The Balaban J connectivity index is 2.36. The molecule has 412 valence electrons. The van der Waals surface area contributed by atoms with Crippen molar-refractivity contribution in [2.24, 2.45) is 11.8 Å². The van der Waals surface area contributed by atoms with E-state index >= 15 is 0 Å². The zero-order valence-electron chi connectivity index (χ0n) is 41.1. The lowest BCUT2D eigenvalue weighted by molar-refractivity contribution is -0.144. The Labute approximate surface area is 419 Å². The zero-order chi connectivity index (χ0) is 56.6. The summed E-state index contributed by atoms with van der Waals surface area (Å²) in [6.45, 7) is 8.61. The number of likely N-dealkylation sites (tertiary alicyclic amines) is 1. The number of rotatable bonds is 26. The molecule has 25 nitrogen and oxygen atoms in total. The van der Waals surface area contributed by atoms with Crippen LogP contribution in [0.1, 0.15) is 104 Å². The predicted octanol–water partition coefficient (Wildman–Crippen LogP) is -1.31. The van der Waals surface area contributed by atoms with E-state index in [1.807, 2.05) is 5.32 Å². The van der Waals surface area contributed by atoms with E-state index in [2.05, 4.69) is 32.0 Å². The second-order valence-electron chi connectivity index (χ2n) is 17.8. The van der Waals surface area contributed by atoms with Gasteiger partial charge in [-0.05, 0) is 44.4 Å². The highest BCUT2D eigenvalue weighted by Crippen LogP contribution is 2.25. The number of hydrogen-bond donors (Lipinski definition) is 11. The molecule has 0 unspecified atom stereocenters. The first-order chi connectivity index (χ1) is 34.4. The van der Waals surface area contributed by atoms with Crippen LogP contribution in [0.3, 0.4) is 0 Å². The van der Waals surface area contributed by atoms with Crippen molar-refractivity contribution in [3.8, 4) is 0 Å². The minimum atomic E-state index is -2.52. The average Bonchev–Trinajstić information content (AvgIpc) is 3.80. The van der Waals surface area contributed by atoms with Gasteiger partial charge in [0.15, 0.2) is 23.3 Å². The number of nitrogens with one attached hydrogen (secondary N) is 7. The summed E-state index contributed by atoms with van der Waals surface area (Å²) in [5, 5.41) is 51.9. The Morgan fingerprint density at radius 3 is 1.51 bits per heavy atom. The molecule has 1 aliphatic rings. The van der Waals surface area contributed by atoms with Crippen LogP contribution in [0.25, 0.3) is 0 Å². The number of amides is 9. The van der Waals surface area contributed by atoms with Gasteiger partial charge in [0.1, 0.15) is 47.9 Å². The molecule has 9 amide bonds. The van der Waals surface area contributed by atoms with Gasteiger partial charge in [-0.15, -0.1) is 0 Å². The highest BCUT2D eigenvalue weighted by molar-refractivity contribution is 6.00. The average molecular weight is 1070 g/mol. The lowest BCUT2D eigenvalue weighted by Crippen LogP contribution is -2.62. The summed E-state index contributed by atoms with van der Waals surface area (Å²) in [4.78, 5) is 156. The van der Waals surface area contributed by atoms with E-state index < -0.39 is 198 Å². The number of carbonyl (C=O) groups excluding carboxylic acids is 9. The number of hydrogen-bond acceptors (Lipinski definition) is 13. The molecular formula is C44H60F5N9O16. The lowest BCUT2D eigenvalue weighted by atomic mass is 9.98. The maximum absolute atomic E-state index is 14.6. The molecule has 0 spiro atoms. The van der Waals surface area contributed by atoms with Gasteiger partial charge in [-0.25, -0.2) is 27.0 Å². The number of benzene rings is 1. The molecule has 1 aliphatic heterocycles. The molecule has 0 saturated carbocycles. The van der Waals surface area contributed by atoms with Gasteiger partial charge < -0.3 is 57.2 Å². The summed E-state index contributed by atoms with van der Waals surface area (Å²) in [7, 11) is 0. The van der Waals surface area contributed by atoms with Crippen LogP contribution in [0.15, 0.2) is 0 Å². The quantitative estimate of drug-likeness (QED) is 0.0222. The van der Waals surface area contributed by atoms with E-state index in [0.29, 0.717) is 5.01 Å². The number of halogens is 5. The predicted molar refractivity (Wildman–Crippen MR) is 240 cm³/mol. The van der Waals surface area contributed by atoms with E-state index in [4.69, 9.17) is 0 Å². The van der Waals surface area contributed by atoms with Gasteiger partial charge >= 0.3 is 17.9 Å². The molecule has 1 saturated heterocycles. The van der Waals surface area contributed by atoms with Gasteiger partial charge in [0, 0.05) is 26.4 Å². The molecule has 1 aromatic carbocycles. The van der Waals surface area contributed by atoms with E-state index in [9.17, 15) is 99.9 Å². The number of aliphatic hydroxyl groups is 1. The first-order valence-electron chi connectivity index (χ1n) is 22.9. The monoisotopic (exact) mass is 1070 g/mol. The van der Waals surface area contributed by atoms with Crippen LogP contribution in [0.5, 0.6) is 0 Å². The molecule has 8 atom stereocenters. The maximum Gasteiger partial charge on any atom is 0.305 e. The summed E-state index contributed by atoms with van der Waals surface area (Å²) in [6, 6.07) is -12.2. The van der Waals surface area contributed by atoms with Gasteiger partial charge in [0.2, 0.25) is 47.2 Å². The number of carboxylic acid groups (broad SMARTS) is 3. The van der Waals surface area contributed by atoms with Crippen molar-refractivity contribution in [2.45, 2.75) is 142 Å². The topological polar surface area (TPSA) is 376 Å². The van der Waals surface area contributed by atoms with Gasteiger partial charge in [-0.2, -0.15) is 0 Å². The Kier molecular flexibility index (Phi) is 23.7. The summed E-state index contributed by atoms with van der Waals surface area (Å²) >= 11 is 0. The number of carboxylic acids is 3.